The number of nitrogens with zero attached hydrogens (tertiary/aromatic N) is 8. The highest BCUT2D eigenvalue weighted by molar-refractivity contribution is 6.45. The summed E-state index contributed by atoms with van der Waals surface area (Å²) in [7, 11) is 0. The Labute approximate surface area is 210 Å². The number of carbonyl (C=O) groups excluding carboxylic acids is 2. The molecule has 5 aromatic rings. The molecular weight excluding hydrogens is 477 g/mol. The molecule has 1 amide bonds. The van der Waals surface area contributed by atoms with Crippen molar-refractivity contribution in [1.29, 1.82) is 0 Å². The number of amides is 1. The molecule has 12 heteroatoms. The van der Waals surface area contributed by atoms with Gasteiger partial charge < -0.3 is 14.8 Å². The van der Waals surface area contributed by atoms with E-state index in [1.54, 1.807) is 0 Å². The lowest BCUT2D eigenvalue weighted by atomic mass is 10.1. The fraction of sp³-hybridized carbons (Fsp3) is 0.200. The number of pyridine rings is 1. The van der Waals surface area contributed by atoms with E-state index >= 15 is 0 Å². The van der Waals surface area contributed by atoms with E-state index in [0.717, 1.165) is 23.4 Å². The second kappa shape index (κ2) is 8.97. The second-order valence-electron chi connectivity index (χ2n) is 8.72. The van der Waals surface area contributed by atoms with Crippen molar-refractivity contribution in [3.8, 4) is 11.5 Å². The van der Waals surface area contributed by atoms with Crippen molar-refractivity contribution in [2.45, 2.75) is 6.92 Å². The summed E-state index contributed by atoms with van der Waals surface area (Å²) >= 11 is 0. The number of Topliss-reactive ketones (excluding diaryl/α,β-unsaturated/α-hetero) is 1. The van der Waals surface area contributed by atoms with E-state index < -0.39 is 17.5 Å². The van der Waals surface area contributed by atoms with E-state index in [-0.39, 0.29) is 22.3 Å². The number of aryl methyl sites for hydroxylation is 1. The number of hydrogen-bond acceptors (Lipinski definition) is 7. The topological polar surface area (TPSA) is 118 Å². The number of carbonyl (C=O) groups is 2. The summed E-state index contributed by atoms with van der Waals surface area (Å²) in [5, 5.41) is 8.64. The maximum Gasteiger partial charge on any atom is 0.295 e. The number of aromatic amines is 1. The third kappa shape index (κ3) is 3.92. The van der Waals surface area contributed by atoms with Crippen LogP contribution in [0.3, 0.4) is 0 Å². The van der Waals surface area contributed by atoms with Crippen LogP contribution in [0.2, 0.25) is 0 Å². The summed E-state index contributed by atoms with van der Waals surface area (Å²) in [4.78, 5) is 40.8. The van der Waals surface area contributed by atoms with Crippen LogP contribution in [0.15, 0.2) is 61.4 Å². The van der Waals surface area contributed by atoms with E-state index in [1.165, 1.54) is 28.4 Å². The van der Waals surface area contributed by atoms with Gasteiger partial charge in [-0.25, -0.2) is 23.7 Å². The van der Waals surface area contributed by atoms with Crippen molar-refractivity contribution >= 4 is 28.4 Å². The molecule has 1 N–H and O–H groups in total. The molecule has 186 valence electrons. The zero-order valence-corrected chi connectivity index (χ0v) is 19.9. The van der Waals surface area contributed by atoms with Crippen LogP contribution >= 0.6 is 0 Å². The van der Waals surface area contributed by atoms with Gasteiger partial charge in [0, 0.05) is 38.4 Å². The Morgan fingerprint density at radius 1 is 1.08 bits per heavy atom. The lowest BCUT2D eigenvalue weighted by molar-refractivity contribution is -0.126. The minimum absolute atomic E-state index is 0.000256. The van der Waals surface area contributed by atoms with Gasteiger partial charge in [-0.2, -0.15) is 10.2 Å². The van der Waals surface area contributed by atoms with Gasteiger partial charge in [0.05, 0.1) is 34.0 Å². The summed E-state index contributed by atoms with van der Waals surface area (Å²) < 4.78 is 18.0. The first-order valence-corrected chi connectivity index (χ1v) is 11.7. The molecule has 37 heavy (non-hydrogen) atoms. The number of hydrogen-bond donors (Lipinski definition) is 1. The predicted molar refractivity (Wildman–Crippen MR) is 132 cm³/mol. The Hall–Kier alpha value is -4.87. The van der Waals surface area contributed by atoms with Crippen molar-refractivity contribution in [3.63, 3.8) is 0 Å². The number of fused-ring (bicyclic) bond motifs is 1. The largest absolute Gasteiger partial charge is 0.357 e. The maximum absolute atomic E-state index is 14.8. The van der Waals surface area contributed by atoms with E-state index in [0.29, 0.717) is 26.2 Å². The van der Waals surface area contributed by atoms with Crippen LogP contribution in [0.5, 0.6) is 0 Å². The molecule has 0 saturated carbocycles. The number of nitrogens with one attached hydrogen (secondary N) is 1. The first-order valence-electron chi connectivity index (χ1n) is 11.7. The van der Waals surface area contributed by atoms with Crippen LogP contribution in [0.4, 0.5) is 10.2 Å². The van der Waals surface area contributed by atoms with Gasteiger partial charge >= 0.3 is 0 Å². The average molecular weight is 500 g/mol. The number of benzene rings is 1. The summed E-state index contributed by atoms with van der Waals surface area (Å²) in [5.41, 5.74) is 2.05. The van der Waals surface area contributed by atoms with E-state index in [2.05, 4.69) is 30.0 Å². The molecule has 1 aliphatic rings. The molecule has 1 fully saturated rings. The lowest BCUT2D eigenvalue weighted by Gasteiger charge is -2.35. The number of halogens is 1. The number of ketones is 1. The minimum Gasteiger partial charge on any atom is -0.357 e. The number of rotatable bonds is 5. The molecule has 0 unspecified atom stereocenters. The first-order chi connectivity index (χ1) is 18.0. The van der Waals surface area contributed by atoms with Crippen molar-refractivity contribution in [2.75, 3.05) is 31.1 Å². The molecule has 6 rings (SSSR count). The predicted octanol–water partition coefficient (Wildman–Crippen LogP) is 2.31. The van der Waals surface area contributed by atoms with Gasteiger partial charge in [0.2, 0.25) is 0 Å². The van der Waals surface area contributed by atoms with Gasteiger partial charge in [0.25, 0.3) is 11.7 Å². The molecule has 5 heterocycles. The zero-order valence-electron chi connectivity index (χ0n) is 19.9. The van der Waals surface area contributed by atoms with Gasteiger partial charge in [0.1, 0.15) is 18.5 Å². The third-order valence-corrected chi connectivity index (χ3v) is 6.42. The smallest absolute Gasteiger partial charge is 0.295 e. The van der Waals surface area contributed by atoms with E-state index in [1.807, 2.05) is 48.0 Å². The average Bonchev–Trinajstić information content (AvgIpc) is 3.69. The number of piperazine rings is 1. The summed E-state index contributed by atoms with van der Waals surface area (Å²) in [6.45, 7) is 3.69. The highest BCUT2D eigenvalue weighted by Gasteiger charge is 2.31. The number of H-pyrrole nitrogens is 1. The maximum atomic E-state index is 14.8. The highest BCUT2D eigenvalue weighted by atomic mass is 19.1. The number of anilines is 1. The van der Waals surface area contributed by atoms with Crippen molar-refractivity contribution in [1.82, 2.24) is 39.4 Å². The van der Waals surface area contributed by atoms with Crippen LogP contribution in [0, 0.1) is 12.7 Å². The molecule has 0 spiro atoms. The first kappa shape index (κ1) is 22.6. The lowest BCUT2D eigenvalue weighted by Crippen LogP contribution is -2.51. The van der Waals surface area contributed by atoms with Crippen molar-refractivity contribution in [2.24, 2.45) is 0 Å². The van der Waals surface area contributed by atoms with Gasteiger partial charge in [-0.15, -0.1) is 0 Å². The molecule has 11 nitrogen and oxygen atoms in total. The fourth-order valence-electron chi connectivity index (χ4n) is 4.63. The van der Waals surface area contributed by atoms with Gasteiger partial charge in [-0.1, -0.05) is 18.2 Å². The van der Waals surface area contributed by atoms with Crippen LogP contribution in [-0.2, 0) is 4.79 Å². The Morgan fingerprint density at radius 2 is 1.86 bits per heavy atom. The monoisotopic (exact) mass is 499 g/mol. The Morgan fingerprint density at radius 3 is 2.59 bits per heavy atom. The summed E-state index contributed by atoms with van der Waals surface area (Å²) in [5.74, 6) is -0.953. The normalized spacial score (nSPS) is 13.9. The molecule has 1 saturated heterocycles. The molecule has 0 aliphatic carbocycles. The summed E-state index contributed by atoms with van der Waals surface area (Å²) in [6, 6.07) is 11.8. The van der Waals surface area contributed by atoms with Crippen molar-refractivity contribution < 1.29 is 14.0 Å². The molecule has 1 aliphatic heterocycles. The van der Waals surface area contributed by atoms with Crippen LogP contribution < -0.4 is 4.90 Å². The Balaban J connectivity index is 1.21. The van der Waals surface area contributed by atoms with Crippen LogP contribution in [0.1, 0.15) is 16.1 Å². The van der Waals surface area contributed by atoms with Crippen LogP contribution in [0.25, 0.3) is 22.4 Å². The molecule has 4 aromatic heterocycles. The van der Waals surface area contributed by atoms with E-state index in [4.69, 9.17) is 0 Å². The van der Waals surface area contributed by atoms with Gasteiger partial charge in [-0.05, 0) is 19.1 Å². The Kier molecular flexibility index (Phi) is 5.48. The molecule has 0 radical (unpaired) electrons. The fourth-order valence-corrected chi connectivity index (χ4v) is 4.63. The number of aromatic nitrogens is 7. The highest BCUT2D eigenvalue weighted by Crippen LogP contribution is 2.27. The molecular formula is C25H22FN9O2. The van der Waals surface area contributed by atoms with Gasteiger partial charge in [-0.3, -0.25) is 9.59 Å². The minimum atomic E-state index is -0.778. The quantitative estimate of drug-likeness (QED) is 0.291. The molecule has 0 bridgehead atoms. The standard InChI is InChI=1S/C25H22FN9O2/c1-16-11-20(35(31-16)17-5-3-2-4-6-17)32-7-9-33(10-8-32)25(37)23(36)18-12-28-22-21(18)19(26)13-29-24(22)34-15-27-14-30-34/h2-6,11-15,28H,7-10H2,1H3. The molecule has 1 aromatic carbocycles. The van der Waals surface area contributed by atoms with E-state index in [9.17, 15) is 14.0 Å². The number of para-hydroxylation sites is 1. The van der Waals surface area contributed by atoms with Crippen LogP contribution in [-0.4, -0.2) is 77.3 Å². The SMILES string of the molecule is Cc1cc(N2CCN(C(=O)C(=O)c3c[nH]c4c(-n5cncn5)ncc(F)c34)CC2)n(-c2ccccc2)n1. The van der Waals surface area contributed by atoms with Gasteiger partial charge in [0.15, 0.2) is 11.6 Å². The molecule has 0 atom stereocenters. The summed E-state index contributed by atoms with van der Waals surface area (Å²) in [6.07, 6.45) is 5.08. The van der Waals surface area contributed by atoms with Crippen molar-refractivity contribution in [3.05, 3.63) is 78.5 Å². The third-order valence-electron chi connectivity index (χ3n) is 6.42. The second-order valence-corrected chi connectivity index (χ2v) is 8.72. The Bertz CT molecular complexity index is 1600. The zero-order chi connectivity index (χ0) is 25.5.